The van der Waals surface area contributed by atoms with E-state index in [1.807, 2.05) is 27.7 Å². The van der Waals surface area contributed by atoms with Crippen LogP contribution in [0.2, 0.25) is 0 Å². The quantitative estimate of drug-likeness (QED) is 0.631. The van der Waals surface area contributed by atoms with Gasteiger partial charge in [0.15, 0.2) is 0 Å². The molecule has 0 spiro atoms. The number of sulfonamides is 1. The number of fused-ring (bicyclic) bond motifs is 2. The number of para-hydroxylation sites is 1. The fourth-order valence-electron chi connectivity index (χ4n) is 4.41. The van der Waals surface area contributed by atoms with Crippen molar-refractivity contribution in [3.05, 3.63) is 54.4 Å². The molecule has 0 saturated carbocycles. The molecule has 0 radical (unpaired) electrons. The third kappa shape index (κ3) is 3.30. The molecule has 30 heavy (non-hydrogen) atoms. The molecule has 1 amide bonds. The van der Waals surface area contributed by atoms with Gasteiger partial charge in [0.2, 0.25) is 15.9 Å². The van der Waals surface area contributed by atoms with Crippen LogP contribution in [0.15, 0.2) is 53.7 Å². The zero-order chi connectivity index (χ0) is 20.7. The van der Waals surface area contributed by atoms with Crippen molar-refractivity contribution in [3.8, 4) is 0 Å². The Labute approximate surface area is 176 Å². The Morgan fingerprint density at radius 3 is 2.67 bits per heavy atom. The molecule has 2 aliphatic heterocycles. The Kier molecular flexibility index (Phi) is 4.83. The smallest absolute Gasteiger partial charge is 0.243 e. The molecular weight excluding hydrogens is 400 g/mol. The molecule has 3 aromatic rings. The van der Waals surface area contributed by atoms with Crippen molar-refractivity contribution >= 4 is 32.7 Å². The maximum absolute atomic E-state index is 12.8. The van der Waals surface area contributed by atoms with Crippen molar-refractivity contribution in [1.29, 1.82) is 0 Å². The molecule has 8 heteroatoms. The number of carbonyl (C=O) groups is 1. The van der Waals surface area contributed by atoms with Crippen LogP contribution in [0.4, 0.5) is 5.69 Å². The van der Waals surface area contributed by atoms with Crippen LogP contribution in [0.25, 0.3) is 11.0 Å². The first-order valence-corrected chi connectivity index (χ1v) is 11.8. The first-order valence-electron chi connectivity index (χ1n) is 10.4. The van der Waals surface area contributed by atoms with Gasteiger partial charge in [-0.1, -0.05) is 18.2 Å². The van der Waals surface area contributed by atoms with Crippen molar-refractivity contribution in [1.82, 2.24) is 13.9 Å². The lowest BCUT2D eigenvalue weighted by atomic mass is 10.2. The van der Waals surface area contributed by atoms with Gasteiger partial charge >= 0.3 is 0 Å². The summed E-state index contributed by atoms with van der Waals surface area (Å²) in [5.41, 5.74) is 3.69. The Hall–Kier alpha value is -2.71. The summed E-state index contributed by atoms with van der Waals surface area (Å²) in [6.07, 6.45) is 4.76. The third-order valence-corrected chi connectivity index (χ3v) is 7.94. The fraction of sp³-hybridized carbons (Fsp3) is 0.364. The normalized spacial score (nSPS) is 17.0. The van der Waals surface area contributed by atoms with Crippen molar-refractivity contribution in [2.75, 3.05) is 24.5 Å². The van der Waals surface area contributed by atoms with Crippen LogP contribution in [-0.2, 0) is 27.8 Å². The number of amides is 1. The van der Waals surface area contributed by atoms with Gasteiger partial charge in [0.05, 0.1) is 22.3 Å². The number of carbonyl (C=O) groups excluding carboxylic acids is 1. The first-order chi connectivity index (χ1) is 14.5. The predicted octanol–water partition coefficient (Wildman–Crippen LogP) is 2.80. The van der Waals surface area contributed by atoms with E-state index in [1.54, 1.807) is 24.5 Å². The van der Waals surface area contributed by atoms with Crippen LogP contribution >= 0.6 is 0 Å². The third-order valence-electron chi connectivity index (χ3n) is 6.05. The molecule has 0 aliphatic carbocycles. The average Bonchev–Trinajstić information content (AvgIpc) is 3.51. The summed E-state index contributed by atoms with van der Waals surface area (Å²) in [7, 11) is -3.46. The highest BCUT2D eigenvalue weighted by molar-refractivity contribution is 7.89. The zero-order valence-corrected chi connectivity index (χ0v) is 17.5. The van der Waals surface area contributed by atoms with E-state index in [0.717, 1.165) is 37.0 Å². The first kappa shape index (κ1) is 19.3. The molecular formula is C22H24N4O3S. The number of imidazole rings is 1. The van der Waals surface area contributed by atoms with Gasteiger partial charge in [-0.25, -0.2) is 13.4 Å². The molecule has 156 valence electrons. The molecule has 1 saturated heterocycles. The van der Waals surface area contributed by atoms with E-state index in [2.05, 4.69) is 11.1 Å². The summed E-state index contributed by atoms with van der Waals surface area (Å²) in [6.45, 7) is 2.39. The minimum Gasteiger partial charge on any atom is -0.330 e. The molecule has 7 nitrogen and oxygen atoms in total. The molecule has 2 aliphatic rings. The maximum atomic E-state index is 12.8. The molecule has 1 aromatic heterocycles. The number of rotatable bonds is 5. The lowest BCUT2D eigenvalue weighted by Gasteiger charge is -2.17. The second-order valence-corrected chi connectivity index (χ2v) is 9.81. The van der Waals surface area contributed by atoms with E-state index in [1.165, 1.54) is 9.87 Å². The Bertz CT molecular complexity index is 1210. The van der Waals surface area contributed by atoms with E-state index in [9.17, 15) is 13.2 Å². The van der Waals surface area contributed by atoms with Gasteiger partial charge in [0, 0.05) is 38.3 Å². The number of anilines is 1. The lowest BCUT2D eigenvalue weighted by Crippen LogP contribution is -2.29. The van der Waals surface area contributed by atoms with Crippen molar-refractivity contribution < 1.29 is 13.2 Å². The lowest BCUT2D eigenvalue weighted by molar-refractivity contribution is -0.118. The molecule has 0 unspecified atom stereocenters. The largest absolute Gasteiger partial charge is 0.330 e. The van der Waals surface area contributed by atoms with E-state index < -0.39 is 10.0 Å². The summed E-state index contributed by atoms with van der Waals surface area (Å²) < 4.78 is 29.0. The molecule has 1 fully saturated rings. The highest BCUT2D eigenvalue weighted by Gasteiger charge is 2.28. The van der Waals surface area contributed by atoms with Gasteiger partial charge in [-0.2, -0.15) is 4.31 Å². The van der Waals surface area contributed by atoms with Gasteiger partial charge in [-0.3, -0.25) is 4.79 Å². The molecule has 3 heterocycles. The van der Waals surface area contributed by atoms with Gasteiger partial charge < -0.3 is 9.47 Å². The van der Waals surface area contributed by atoms with Crippen LogP contribution in [0.1, 0.15) is 24.8 Å². The van der Waals surface area contributed by atoms with Crippen molar-refractivity contribution in [3.63, 3.8) is 0 Å². The van der Waals surface area contributed by atoms with Crippen LogP contribution in [0.3, 0.4) is 0 Å². The topological polar surface area (TPSA) is 75.5 Å². The summed E-state index contributed by atoms with van der Waals surface area (Å²) in [4.78, 5) is 19.3. The summed E-state index contributed by atoms with van der Waals surface area (Å²) in [5, 5.41) is 0. The molecule has 0 atom stereocenters. The highest BCUT2D eigenvalue weighted by atomic mass is 32.2. The Balaban J connectivity index is 1.32. The number of hydrogen-bond donors (Lipinski definition) is 0. The number of aromatic nitrogens is 2. The second-order valence-electron chi connectivity index (χ2n) is 7.87. The van der Waals surface area contributed by atoms with Gasteiger partial charge in [-0.15, -0.1) is 0 Å². The zero-order valence-electron chi connectivity index (χ0n) is 16.7. The van der Waals surface area contributed by atoms with E-state index in [0.29, 0.717) is 31.6 Å². The molecule has 0 N–H and O–H groups in total. The fourth-order valence-corrected chi connectivity index (χ4v) is 5.95. The number of nitrogens with zero attached hydrogens (tertiary/aromatic N) is 4. The minimum absolute atomic E-state index is 0.0926. The van der Waals surface area contributed by atoms with Crippen molar-refractivity contribution in [2.45, 2.75) is 37.1 Å². The summed E-state index contributed by atoms with van der Waals surface area (Å²) in [5.74, 6) is 0.0926. The van der Waals surface area contributed by atoms with Crippen LogP contribution < -0.4 is 4.90 Å². The van der Waals surface area contributed by atoms with Gasteiger partial charge in [-0.05, 0) is 49.1 Å². The minimum atomic E-state index is -3.46. The standard InChI is InChI=1S/C22H24N4O3S/c27-22(26-14-9-17-5-1-2-6-20(17)26)10-13-24-16-23-19-15-18(7-8-21(19)24)30(28,29)25-11-3-4-12-25/h1-2,5-8,15-16H,3-4,9-14H2. The Morgan fingerprint density at radius 2 is 1.83 bits per heavy atom. The monoisotopic (exact) mass is 424 g/mol. The molecule has 2 aromatic carbocycles. The van der Waals surface area contributed by atoms with Gasteiger partial charge in [0.1, 0.15) is 0 Å². The Morgan fingerprint density at radius 1 is 1.03 bits per heavy atom. The number of aryl methyl sites for hydroxylation is 1. The van der Waals surface area contributed by atoms with Crippen LogP contribution in [0, 0.1) is 0 Å². The van der Waals surface area contributed by atoms with Gasteiger partial charge in [0.25, 0.3) is 0 Å². The maximum Gasteiger partial charge on any atom is 0.243 e. The number of benzene rings is 2. The summed E-state index contributed by atoms with van der Waals surface area (Å²) >= 11 is 0. The summed E-state index contributed by atoms with van der Waals surface area (Å²) in [6, 6.07) is 13.1. The van der Waals surface area contributed by atoms with E-state index >= 15 is 0 Å². The van der Waals surface area contributed by atoms with Crippen molar-refractivity contribution in [2.24, 2.45) is 0 Å². The number of hydrogen-bond acceptors (Lipinski definition) is 4. The molecule has 5 rings (SSSR count). The van der Waals surface area contributed by atoms with Crippen LogP contribution in [0.5, 0.6) is 0 Å². The van der Waals surface area contributed by atoms with Crippen LogP contribution in [-0.4, -0.2) is 47.8 Å². The second kappa shape index (κ2) is 7.52. The molecule has 0 bridgehead atoms. The SMILES string of the molecule is O=C(CCn1cnc2cc(S(=O)(=O)N3CCCC3)ccc21)N1CCc2ccccc21. The van der Waals surface area contributed by atoms with E-state index in [-0.39, 0.29) is 10.8 Å². The van der Waals surface area contributed by atoms with E-state index in [4.69, 9.17) is 0 Å². The highest BCUT2D eigenvalue weighted by Crippen LogP contribution is 2.28. The average molecular weight is 425 g/mol. The predicted molar refractivity (Wildman–Crippen MR) is 115 cm³/mol.